The molecule has 1 rings (SSSR count). The van der Waals surface area contributed by atoms with Gasteiger partial charge < -0.3 is 10.8 Å². The Morgan fingerprint density at radius 2 is 1.90 bits per heavy atom. The van der Waals surface area contributed by atoms with Gasteiger partial charge in [-0.3, -0.25) is 0 Å². The highest BCUT2D eigenvalue weighted by atomic mass is 32.2. The van der Waals surface area contributed by atoms with Crippen molar-refractivity contribution in [3.8, 4) is 5.75 Å². The van der Waals surface area contributed by atoms with Gasteiger partial charge in [0.25, 0.3) is 0 Å². The molecule has 0 spiro atoms. The second-order valence-corrected chi connectivity index (χ2v) is 6.37. The van der Waals surface area contributed by atoms with Crippen molar-refractivity contribution in [3.05, 3.63) is 18.2 Å². The number of nitrogens with two attached hydrogens (primary N) is 1. The number of benzene rings is 1. The Morgan fingerprint density at radius 3 is 2.30 bits per heavy atom. The minimum Gasteiger partial charge on any atom is -0.506 e. The number of nitrogens with zero attached hydrogens (tertiary/aromatic N) is 1. The van der Waals surface area contributed by atoms with E-state index < -0.39 is 33.7 Å². The zero-order chi connectivity index (χ0) is 15.7. The van der Waals surface area contributed by atoms with Gasteiger partial charge in [0.1, 0.15) is 12.3 Å². The summed E-state index contributed by atoms with van der Waals surface area (Å²) in [4.78, 5) is -0.397. The summed E-state index contributed by atoms with van der Waals surface area (Å²) >= 11 is 0. The highest BCUT2D eigenvalue weighted by Gasteiger charge is 2.38. The Balaban J connectivity index is 3.26. The second-order valence-electron chi connectivity index (χ2n) is 4.48. The fourth-order valence-corrected chi connectivity index (χ4v) is 3.21. The minimum absolute atomic E-state index is 0.221. The van der Waals surface area contributed by atoms with E-state index in [0.717, 1.165) is 18.2 Å². The van der Waals surface area contributed by atoms with Crippen molar-refractivity contribution in [2.45, 2.75) is 31.0 Å². The molecule has 0 heterocycles. The normalized spacial score (nSPS) is 13.2. The van der Waals surface area contributed by atoms with E-state index in [9.17, 15) is 26.7 Å². The number of anilines is 1. The number of hydrogen-bond acceptors (Lipinski definition) is 4. The molecule has 0 aliphatic carbocycles. The molecule has 0 bridgehead atoms. The van der Waals surface area contributed by atoms with Gasteiger partial charge in [0.05, 0.1) is 10.6 Å². The zero-order valence-electron chi connectivity index (χ0n) is 10.8. The maximum atomic E-state index is 12.5. The van der Waals surface area contributed by atoms with Crippen LogP contribution in [0, 0.1) is 0 Å². The second kappa shape index (κ2) is 5.49. The molecule has 0 unspecified atom stereocenters. The number of phenolic OH excluding ortho intramolecular Hbond substituents is 1. The summed E-state index contributed by atoms with van der Waals surface area (Å²) in [5.74, 6) is -0.337. The molecule has 0 fully saturated rings. The molecule has 1 aromatic carbocycles. The number of sulfonamides is 1. The molecule has 3 N–H and O–H groups in total. The van der Waals surface area contributed by atoms with Crippen molar-refractivity contribution in [1.29, 1.82) is 0 Å². The summed E-state index contributed by atoms with van der Waals surface area (Å²) in [6.45, 7) is 1.09. The third-order valence-corrected chi connectivity index (χ3v) is 4.53. The molecule has 0 saturated carbocycles. The number of alkyl halides is 3. The third kappa shape index (κ3) is 3.76. The summed E-state index contributed by atoms with van der Waals surface area (Å²) in [5, 5.41) is 9.23. The van der Waals surface area contributed by atoms with E-state index in [2.05, 4.69) is 0 Å². The van der Waals surface area contributed by atoms with Crippen LogP contribution in [0.4, 0.5) is 18.9 Å². The highest BCUT2D eigenvalue weighted by molar-refractivity contribution is 7.89. The Bertz CT molecular complexity index is 585. The molecule has 1 aromatic rings. The molecule has 9 heteroatoms. The van der Waals surface area contributed by atoms with Crippen LogP contribution >= 0.6 is 0 Å². The lowest BCUT2D eigenvalue weighted by Gasteiger charge is -2.26. The molecule has 0 amide bonds. The zero-order valence-corrected chi connectivity index (χ0v) is 11.7. The number of phenols is 1. The molecule has 0 saturated heterocycles. The molecule has 5 nitrogen and oxygen atoms in total. The van der Waals surface area contributed by atoms with Crippen molar-refractivity contribution in [2.75, 3.05) is 12.3 Å². The number of nitrogen functional groups attached to an aromatic ring is 1. The quantitative estimate of drug-likeness (QED) is 0.657. The van der Waals surface area contributed by atoms with Gasteiger partial charge in [-0.05, 0) is 32.0 Å². The fourth-order valence-electron chi connectivity index (χ4n) is 1.55. The van der Waals surface area contributed by atoms with Crippen LogP contribution in [-0.4, -0.2) is 36.6 Å². The Kier molecular flexibility index (Phi) is 4.55. The molecular formula is C11H15F3N2O3S. The van der Waals surface area contributed by atoms with E-state index in [-0.39, 0.29) is 11.4 Å². The molecule has 0 radical (unpaired) electrons. The molecule has 0 aliphatic rings. The van der Waals surface area contributed by atoms with Crippen molar-refractivity contribution in [2.24, 2.45) is 0 Å². The van der Waals surface area contributed by atoms with Crippen molar-refractivity contribution in [3.63, 3.8) is 0 Å². The lowest BCUT2D eigenvalue weighted by molar-refractivity contribution is -0.138. The van der Waals surface area contributed by atoms with Gasteiger partial charge in [-0.25, -0.2) is 8.42 Å². The monoisotopic (exact) mass is 312 g/mol. The van der Waals surface area contributed by atoms with E-state index in [1.807, 2.05) is 0 Å². The van der Waals surface area contributed by atoms with Crippen LogP contribution in [0.3, 0.4) is 0 Å². The largest absolute Gasteiger partial charge is 0.506 e. The first-order valence-electron chi connectivity index (χ1n) is 5.62. The maximum Gasteiger partial charge on any atom is 0.402 e. The highest BCUT2D eigenvalue weighted by Crippen LogP contribution is 2.28. The topological polar surface area (TPSA) is 83.6 Å². The predicted molar refractivity (Wildman–Crippen MR) is 67.6 cm³/mol. The molecule has 114 valence electrons. The summed E-state index contributed by atoms with van der Waals surface area (Å²) in [5.41, 5.74) is 5.15. The van der Waals surface area contributed by atoms with E-state index in [1.165, 1.54) is 13.8 Å². The first kappa shape index (κ1) is 16.6. The van der Waals surface area contributed by atoms with E-state index in [0.29, 0.717) is 4.31 Å². The Labute approximate surface area is 114 Å². The van der Waals surface area contributed by atoms with Crippen molar-refractivity contribution < 1.29 is 26.7 Å². The van der Waals surface area contributed by atoms with Gasteiger partial charge in [-0.1, -0.05) is 0 Å². The smallest absolute Gasteiger partial charge is 0.402 e. The maximum absolute atomic E-state index is 12.5. The number of hydrogen-bond donors (Lipinski definition) is 2. The lowest BCUT2D eigenvalue weighted by Crippen LogP contribution is -2.43. The van der Waals surface area contributed by atoms with Crippen LogP contribution in [0.2, 0.25) is 0 Å². The van der Waals surface area contributed by atoms with Gasteiger partial charge in [0.2, 0.25) is 10.0 Å². The predicted octanol–water partition coefficient (Wildman–Crippen LogP) is 1.94. The van der Waals surface area contributed by atoms with Crippen LogP contribution in [0.25, 0.3) is 0 Å². The molecule has 0 aliphatic heterocycles. The van der Waals surface area contributed by atoms with Gasteiger partial charge in [0, 0.05) is 6.04 Å². The lowest BCUT2D eigenvalue weighted by atomic mass is 10.3. The minimum atomic E-state index is -4.65. The van der Waals surface area contributed by atoms with Crippen molar-refractivity contribution in [1.82, 2.24) is 4.31 Å². The fraction of sp³-hybridized carbons (Fsp3) is 0.455. The Hall–Kier alpha value is -1.48. The SMILES string of the molecule is CC(C)N(CC(F)(F)F)S(=O)(=O)c1ccc(O)c(N)c1. The van der Waals surface area contributed by atoms with Gasteiger partial charge in [0.15, 0.2) is 0 Å². The average molecular weight is 312 g/mol. The van der Waals surface area contributed by atoms with Crippen LogP contribution in [-0.2, 0) is 10.0 Å². The molecule has 0 aromatic heterocycles. The Morgan fingerprint density at radius 1 is 1.35 bits per heavy atom. The number of rotatable bonds is 4. The van der Waals surface area contributed by atoms with Crippen LogP contribution in [0.15, 0.2) is 23.1 Å². The number of aromatic hydroxyl groups is 1. The molecule has 20 heavy (non-hydrogen) atoms. The first-order chi connectivity index (χ1) is 8.95. The third-order valence-electron chi connectivity index (χ3n) is 2.52. The van der Waals surface area contributed by atoms with Crippen LogP contribution in [0.5, 0.6) is 5.75 Å². The van der Waals surface area contributed by atoms with E-state index in [1.54, 1.807) is 0 Å². The average Bonchev–Trinajstić information content (AvgIpc) is 2.28. The van der Waals surface area contributed by atoms with Crippen molar-refractivity contribution >= 4 is 15.7 Å². The van der Waals surface area contributed by atoms with E-state index >= 15 is 0 Å². The van der Waals surface area contributed by atoms with Gasteiger partial charge >= 0.3 is 6.18 Å². The van der Waals surface area contributed by atoms with Crippen LogP contribution < -0.4 is 5.73 Å². The summed E-state index contributed by atoms with van der Waals surface area (Å²) in [7, 11) is -4.35. The first-order valence-corrected chi connectivity index (χ1v) is 7.06. The summed E-state index contributed by atoms with van der Waals surface area (Å²) in [6, 6.07) is 2.08. The van der Waals surface area contributed by atoms with Gasteiger partial charge in [-0.2, -0.15) is 17.5 Å². The molecular weight excluding hydrogens is 297 g/mol. The summed E-state index contributed by atoms with van der Waals surface area (Å²) < 4.78 is 62.2. The standard InChI is InChI=1S/C11H15F3N2O3S/c1-7(2)16(6-11(12,13)14)20(18,19)8-3-4-10(17)9(15)5-8/h3-5,7,17H,6,15H2,1-2H3. The van der Waals surface area contributed by atoms with E-state index in [4.69, 9.17) is 5.73 Å². The van der Waals surface area contributed by atoms with Crippen LogP contribution in [0.1, 0.15) is 13.8 Å². The van der Waals surface area contributed by atoms with Gasteiger partial charge in [-0.15, -0.1) is 0 Å². The number of halogens is 3. The summed E-state index contributed by atoms with van der Waals surface area (Å²) in [6.07, 6.45) is -4.65. The molecule has 0 atom stereocenters.